The minimum atomic E-state index is -0.803. The summed E-state index contributed by atoms with van der Waals surface area (Å²) in [6.45, 7) is 4.12. The lowest BCUT2D eigenvalue weighted by Crippen LogP contribution is -2.17. The van der Waals surface area contributed by atoms with Crippen molar-refractivity contribution in [3.8, 4) is 22.8 Å². The van der Waals surface area contributed by atoms with Gasteiger partial charge in [0.05, 0.1) is 22.8 Å². The minimum absolute atomic E-state index is 0.193. The number of benzene rings is 2. The van der Waals surface area contributed by atoms with Crippen LogP contribution < -0.4 is 10.9 Å². The normalized spacial score (nSPS) is 12.2. The molecule has 5 rings (SSSR count). The Labute approximate surface area is 200 Å². The van der Waals surface area contributed by atoms with Gasteiger partial charge in [0.25, 0.3) is 5.56 Å². The van der Waals surface area contributed by atoms with Gasteiger partial charge in [-0.2, -0.15) is 0 Å². The number of aliphatic hydroxyl groups is 1. The predicted molar refractivity (Wildman–Crippen MR) is 134 cm³/mol. The highest BCUT2D eigenvalue weighted by molar-refractivity contribution is 6.30. The van der Waals surface area contributed by atoms with E-state index in [2.05, 4.69) is 25.3 Å². The summed E-state index contributed by atoms with van der Waals surface area (Å²) in [7, 11) is 0. The fourth-order valence-corrected chi connectivity index (χ4v) is 4.20. The van der Waals surface area contributed by atoms with Crippen molar-refractivity contribution in [1.29, 1.82) is 0 Å². The number of aliphatic hydroxyl groups excluding tert-OH is 1. The standard InChI is InChI=1S/C25H23ClN6O2/c1-13-8-16(23-29-11-14(2)30-23)10-19-22(13)32-24(31-19)21-18(6-7-27-25(21)34)28-12-20(33)15-4-3-5-17(26)9-15/h3-11,20,33H,12H2,1-2H3,(H,29,30)(H,31,32)(H2,27,28,34). The van der Waals surface area contributed by atoms with E-state index in [0.717, 1.165) is 33.7 Å². The number of hydrogen-bond acceptors (Lipinski definition) is 5. The molecule has 1 unspecified atom stereocenters. The van der Waals surface area contributed by atoms with Crippen molar-refractivity contribution in [2.75, 3.05) is 11.9 Å². The molecule has 1 atom stereocenters. The maximum atomic E-state index is 12.8. The summed E-state index contributed by atoms with van der Waals surface area (Å²) in [6, 6.07) is 12.8. The lowest BCUT2D eigenvalue weighted by atomic mass is 10.1. The van der Waals surface area contributed by atoms with Crippen molar-refractivity contribution in [3.05, 3.63) is 87.1 Å². The van der Waals surface area contributed by atoms with E-state index in [-0.39, 0.29) is 12.1 Å². The van der Waals surface area contributed by atoms with Crippen LogP contribution in [-0.4, -0.2) is 36.6 Å². The summed E-state index contributed by atoms with van der Waals surface area (Å²) in [5, 5.41) is 14.3. The molecule has 0 fully saturated rings. The number of nitrogens with one attached hydrogen (secondary N) is 4. The predicted octanol–water partition coefficient (Wildman–Crippen LogP) is 4.72. The quantitative estimate of drug-likeness (QED) is 0.243. The summed E-state index contributed by atoms with van der Waals surface area (Å²) in [5.74, 6) is 1.21. The van der Waals surface area contributed by atoms with Crippen molar-refractivity contribution in [1.82, 2.24) is 24.9 Å². The summed E-state index contributed by atoms with van der Waals surface area (Å²) in [4.78, 5) is 31.2. The lowest BCUT2D eigenvalue weighted by Gasteiger charge is -2.15. The van der Waals surface area contributed by atoms with Crippen molar-refractivity contribution in [2.24, 2.45) is 0 Å². The molecule has 172 valence electrons. The van der Waals surface area contributed by atoms with Crippen molar-refractivity contribution in [3.63, 3.8) is 0 Å². The largest absolute Gasteiger partial charge is 0.387 e. The van der Waals surface area contributed by atoms with Crippen LogP contribution in [0.3, 0.4) is 0 Å². The molecular formula is C25H23ClN6O2. The van der Waals surface area contributed by atoms with Gasteiger partial charge in [0.2, 0.25) is 0 Å². The van der Waals surface area contributed by atoms with Gasteiger partial charge in [0.1, 0.15) is 17.2 Å². The first kappa shape index (κ1) is 21.9. The molecule has 5 N–H and O–H groups in total. The first-order valence-corrected chi connectivity index (χ1v) is 11.2. The first-order valence-electron chi connectivity index (χ1n) is 10.8. The summed E-state index contributed by atoms with van der Waals surface area (Å²) in [6.07, 6.45) is 2.54. The smallest absolute Gasteiger partial charge is 0.261 e. The Morgan fingerprint density at radius 1 is 1.12 bits per heavy atom. The average Bonchev–Trinajstić information content (AvgIpc) is 3.44. The SMILES string of the molecule is Cc1cnc(-c2cc(C)c3nc(-c4c(NCC(O)c5cccc(Cl)c5)cc[nH]c4=O)[nH]c3c2)[nH]1. The van der Waals surface area contributed by atoms with Gasteiger partial charge in [-0.1, -0.05) is 23.7 Å². The highest BCUT2D eigenvalue weighted by Gasteiger charge is 2.17. The number of pyridine rings is 1. The molecule has 0 radical (unpaired) electrons. The fourth-order valence-electron chi connectivity index (χ4n) is 4.00. The fraction of sp³-hybridized carbons (Fsp3) is 0.160. The number of aromatic amines is 3. The molecule has 0 saturated carbocycles. The number of fused-ring (bicyclic) bond motifs is 1. The van der Waals surface area contributed by atoms with Gasteiger partial charge >= 0.3 is 0 Å². The molecule has 0 saturated heterocycles. The number of imidazole rings is 2. The van der Waals surface area contributed by atoms with E-state index in [4.69, 9.17) is 16.6 Å². The third-order valence-corrected chi connectivity index (χ3v) is 5.91. The molecule has 0 spiro atoms. The molecule has 3 aromatic heterocycles. The number of H-pyrrole nitrogens is 3. The van der Waals surface area contributed by atoms with Crippen LogP contribution in [0.5, 0.6) is 0 Å². The Bertz CT molecular complexity index is 1550. The van der Waals surface area contributed by atoms with E-state index in [1.54, 1.807) is 42.7 Å². The minimum Gasteiger partial charge on any atom is -0.387 e. The maximum absolute atomic E-state index is 12.8. The van der Waals surface area contributed by atoms with Gasteiger partial charge < -0.3 is 25.4 Å². The number of aryl methyl sites for hydroxylation is 2. The number of anilines is 1. The van der Waals surface area contributed by atoms with Crippen molar-refractivity contribution in [2.45, 2.75) is 20.0 Å². The van der Waals surface area contributed by atoms with E-state index in [1.165, 1.54) is 0 Å². The Morgan fingerprint density at radius 2 is 1.97 bits per heavy atom. The van der Waals surface area contributed by atoms with Crippen LogP contribution in [0.2, 0.25) is 5.02 Å². The zero-order valence-electron chi connectivity index (χ0n) is 18.6. The Kier molecular flexibility index (Phi) is 5.69. The molecule has 0 amide bonds. The molecular weight excluding hydrogens is 452 g/mol. The highest BCUT2D eigenvalue weighted by atomic mass is 35.5. The van der Waals surface area contributed by atoms with Gasteiger partial charge in [-0.05, 0) is 55.3 Å². The van der Waals surface area contributed by atoms with E-state index in [1.807, 2.05) is 26.0 Å². The molecule has 34 heavy (non-hydrogen) atoms. The third kappa shape index (κ3) is 4.21. The Balaban J connectivity index is 1.49. The van der Waals surface area contributed by atoms with Gasteiger partial charge in [-0.25, -0.2) is 9.97 Å². The van der Waals surface area contributed by atoms with Gasteiger partial charge in [0, 0.05) is 35.2 Å². The summed E-state index contributed by atoms with van der Waals surface area (Å²) < 4.78 is 0. The Morgan fingerprint density at radius 3 is 2.74 bits per heavy atom. The molecule has 0 aliphatic rings. The lowest BCUT2D eigenvalue weighted by molar-refractivity contribution is 0.191. The molecule has 0 bridgehead atoms. The number of hydrogen-bond donors (Lipinski definition) is 5. The second-order valence-corrected chi connectivity index (χ2v) is 8.67. The first-order chi connectivity index (χ1) is 16.4. The average molecular weight is 475 g/mol. The number of aromatic nitrogens is 5. The van der Waals surface area contributed by atoms with E-state index >= 15 is 0 Å². The highest BCUT2D eigenvalue weighted by Crippen LogP contribution is 2.29. The van der Waals surface area contributed by atoms with Crippen LogP contribution in [0.1, 0.15) is 22.9 Å². The monoisotopic (exact) mass is 474 g/mol. The van der Waals surface area contributed by atoms with Crippen molar-refractivity contribution >= 4 is 28.3 Å². The van der Waals surface area contributed by atoms with Crippen LogP contribution >= 0.6 is 11.6 Å². The van der Waals surface area contributed by atoms with Crippen LogP contribution in [0, 0.1) is 13.8 Å². The van der Waals surface area contributed by atoms with Gasteiger partial charge in [0.15, 0.2) is 0 Å². The maximum Gasteiger partial charge on any atom is 0.261 e. The molecule has 9 heteroatoms. The van der Waals surface area contributed by atoms with E-state index in [9.17, 15) is 9.90 Å². The summed E-state index contributed by atoms with van der Waals surface area (Å²) >= 11 is 6.04. The molecule has 5 aromatic rings. The Hall–Kier alpha value is -3.88. The molecule has 8 nitrogen and oxygen atoms in total. The number of halogens is 1. The van der Waals surface area contributed by atoms with Crippen LogP contribution in [0.15, 0.2) is 59.7 Å². The molecule has 3 heterocycles. The third-order valence-electron chi connectivity index (χ3n) is 5.67. The second-order valence-electron chi connectivity index (χ2n) is 8.24. The topological polar surface area (TPSA) is 122 Å². The number of rotatable bonds is 6. The van der Waals surface area contributed by atoms with Crippen molar-refractivity contribution < 1.29 is 5.11 Å². The molecule has 0 aliphatic heterocycles. The number of nitrogens with zero attached hydrogens (tertiary/aromatic N) is 2. The van der Waals surface area contributed by atoms with Gasteiger partial charge in [-0.3, -0.25) is 4.79 Å². The van der Waals surface area contributed by atoms with Crippen LogP contribution in [0.4, 0.5) is 5.69 Å². The molecule has 0 aliphatic carbocycles. The van der Waals surface area contributed by atoms with Crippen LogP contribution in [-0.2, 0) is 0 Å². The van der Waals surface area contributed by atoms with E-state index in [0.29, 0.717) is 27.7 Å². The zero-order chi connectivity index (χ0) is 23.8. The molecule has 2 aromatic carbocycles. The second kappa shape index (κ2) is 8.81. The van der Waals surface area contributed by atoms with E-state index < -0.39 is 6.10 Å². The summed E-state index contributed by atoms with van der Waals surface area (Å²) in [5.41, 5.74) is 5.76. The van der Waals surface area contributed by atoms with Crippen LogP contribution in [0.25, 0.3) is 33.8 Å². The van der Waals surface area contributed by atoms with Gasteiger partial charge in [-0.15, -0.1) is 0 Å². The zero-order valence-corrected chi connectivity index (χ0v) is 19.4.